The van der Waals surface area contributed by atoms with Gasteiger partial charge in [-0.05, 0) is 18.6 Å². The predicted octanol–water partition coefficient (Wildman–Crippen LogP) is 4.08. The highest BCUT2D eigenvalue weighted by atomic mass is 32.2. The van der Waals surface area contributed by atoms with Gasteiger partial charge in [0.2, 0.25) is 5.91 Å². The van der Waals surface area contributed by atoms with Crippen LogP contribution in [-0.2, 0) is 10.5 Å². The highest BCUT2D eigenvalue weighted by Crippen LogP contribution is 2.18. The molecular weight excluding hydrogens is 304 g/mol. The molecule has 0 fully saturated rings. The van der Waals surface area contributed by atoms with Crippen molar-refractivity contribution in [3.05, 3.63) is 71.3 Å². The van der Waals surface area contributed by atoms with E-state index < -0.39 is 11.6 Å². The third kappa shape index (κ3) is 4.56. The van der Waals surface area contributed by atoms with E-state index in [1.807, 2.05) is 37.3 Å². The topological polar surface area (TPSA) is 29.1 Å². The molecule has 0 aliphatic rings. The Kier molecular flexibility index (Phi) is 5.95. The third-order valence-electron chi connectivity index (χ3n) is 3.20. The Hall–Kier alpha value is -1.88. The van der Waals surface area contributed by atoms with E-state index in [0.717, 1.165) is 11.6 Å². The number of benzene rings is 2. The summed E-state index contributed by atoms with van der Waals surface area (Å²) in [5.41, 5.74) is 1.30. The van der Waals surface area contributed by atoms with Gasteiger partial charge in [0.05, 0.1) is 11.8 Å². The normalized spacial score (nSPS) is 12.0. The number of halogens is 2. The summed E-state index contributed by atoms with van der Waals surface area (Å²) >= 11 is 1.26. The summed E-state index contributed by atoms with van der Waals surface area (Å²) in [4.78, 5) is 11.9. The van der Waals surface area contributed by atoms with Crippen molar-refractivity contribution in [3.8, 4) is 0 Å². The van der Waals surface area contributed by atoms with Gasteiger partial charge >= 0.3 is 0 Å². The molecule has 2 nitrogen and oxygen atoms in total. The first-order valence-corrected chi connectivity index (χ1v) is 8.08. The fraction of sp³-hybridized carbons (Fsp3) is 0.235. The van der Waals surface area contributed by atoms with E-state index in [0.29, 0.717) is 0 Å². The minimum atomic E-state index is -0.861. The molecule has 0 saturated heterocycles. The van der Waals surface area contributed by atoms with Gasteiger partial charge in [-0.3, -0.25) is 4.79 Å². The van der Waals surface area contributed by atoms with Crippen LogP contribution < -0.4 is 5.32 Å². The van der Waals surface area contributed by atoms with E-state index in [1.165, 1.54) is 23.9 Å². The van der Waals surface area contributed by atoms with Crippen molar-refractivity contribution in [3.63, 3.8) is 0 Å². The molecule has 0 heterocycles. The van der Waals surface area contributed by atoms with Crippen LogP contribution in [0.3, 0.4) is 0 Å². The molecule has 2 rings (SSSR count). The summed E-state index contributed by atoms with van der Waals surface area (Å²) < 4.78 is 26.5. The molecule has 22 heavy (non-hydrogen) atoms. The van der Waals surface area contributed by atoms with Gasteiger partial charge in [0.25, 0.3) is 0 Å². The third-order valence-corrected chi connectivity index (χ3v) is 4.18. The maximum atomic E-state index is 13.5. The Bertz CT molecular complexity index is 634. The van der Waals surface area contributed by atoms with Crippen molar-refractivity contribution in [2.24, 2.45) is 0 Å². The van der Waals surface area contributed by atoms with Gasteiger partial charge in [-0.25, -0.2) is 8.78 Å². The quantitative estimate of drug-likeness (QED) is 0.869. The van der Waals surface area contributed by atoms with Crippen molar-refractivity contribution >= 4 is 17.7 Å². The van der Waals surface area contributed by atoms with E-state index >= 15 is 0 Å². The zero-order valence-electron chi connectivity index (χ0n) is 12.2. The first kappa shape index (κ1) is 16.5. The van der Waals surface area contributed by atoms with E-state index in [4.69, 9.17) is 0 Å². The first-order valence-electron chi connectivity index (χ1n) is 6.93. The highest BCUT2D eigenvalue weighted by molar-refractivity contribution is 7.99. The van der Waals surface area contributed by atoms with Gasteiger partial charge in [-0.1, -0.05) is 42.5 Å². The van der Waals surface area contributed by atoms with Crippen LogP contribution in [0.2, 0.25) is 0 Å². The minimum absolute atomic E-state index is 0.0831. The second-order valence-corrected chi connectivity index (χ2v) is 5.89. The number of rotatable bonds is 6. The van der Waals surface area contributed by atoms with Crippen molar-refractivity contribution in [2.75, 3.05) is 5.75 Å². The van der Waals surface area contributed by atoms with Gasteiger partial charge in [0, 0.05) is 11.3 Å². The average molecular weight is 321 g/mol. The number of thioether (sulfide) groups is 1. The lowest BCUT2D eigenvalue weighted by molar-refractivity contribution is -0.119. The van der Waals surface area contributed by atoms with Crippen LogP contribution in [0.5, 0.6) is 0 Å². The number of hydrogen-bond donors (Lipinski definition) is 1. The van der Waals surface area contributed by atoms with Crippen LogP contribution in [0.15, 0.2) is 48.5 Å². The molecule has 1 atom stereocenters. The molecule has 0 aliphatic heterocycles. The van der Waals surface area contributed by atoms with Crippen LogP contribution >= 0.6 is 11.8 Å². The number of carbonyl (C=O) groups is 1. The van der Waals surface area contributed by atoms with E-state index in [9.17, 15) is 13.6 Å². The summed E-state index contributed by atoms with van der Waals surface area (Å²) in [6, 6.07) is 13.6. The van der Waals surface area contributed by atoms with Gasteiger partial charge in [0.1, 0.15) is 0 Å². The molecule has 2 aromatic carbocycles. The predicted molar refractivity (Wildman–Crippen MR) is 85.5 cm³/mol. The van der Waals surface area contributed by atoms with Gasteiger partial charge in [-0.2, -0.15) is 0 Å². The fourth-order valence-corrected chi connectivity index (χ4v) is 2.84. The smallest absolute Gasteiger partial charge is 0.230 e. The van der Waals surface area contributed by atoms with Gasteiger partial charge in [0.15, 0.2) is 11.6 Å². The Morgan fingerprint density at radius 2 is 1.86 bits per heavy atom. The number of carbonyl (C=O) groups excluding carboxylic acids is 1. The minimum Gasteiger partial charge on any atom is -0.349 e. The van der Waals surface area contributed by atoms with Crippen molar-refractivity contribution in [1.29, 1.82) is 0 Å². The molecule has 0 radical (unpaired) electrons. The molecule has 116 valence electrons. The molecule has 1 unspecified atom stereocenters. The van der Waals surface area contributed by atoms with Crippen LogP contribution in [0.25, 0.3) is 0 Å². The summed E-state index contributed by atoms with van der Waals surface area (Å²) in [5, 5.41) is 2.88. The molecule has 0 saturated carbocycles. The number of hydrogen-bond acceptors (Lipinski definition) is 2. The zero-order valence-corrected chi connectivity index (χ0v) is 13.0. The standard InChI is InChI=1S/C17H17F2NOS/c1-12(13-6-3-2-4-7-13)20-16(21)11-22-10-14-8-5-9-15(18)17(14)19/h2-9,12H,10-11H2,1H3,(H,20,21). The maximum Gasteiger partial charge on any atom is 0.230 e. The summed E-state index contributed by atoms with van der Waals surface area (Å²) in [5.74, 6) is -1.37. The molecule has 5 heteroatoms. The Balaban J connectivity index is 1.80. The Morgan fingerprint density at radius 3 is 2.59 bits per heavy atom. The lowest BCUT2D eigenvalue weighted by Crippen LogP contribution is -2.28. The highest BCUT2D eigenvalue weighted by Gasteiger charge is 2.11. The summed E-state index contributed by atoms with van der Waals surface area (Å²) in [6.07, 6.45) is 0. The van der Waals surface area contributed by atoms with Crippen LogP contribution in [0.4, 0.5) is 8.78 Å². The molecule has 0 bridgehead atoms. The summed E-state index contributed by atoms with van der Waals surface area (Å²) in [7, 11) is 0. The molecule has 1 amide bonds. The van der Waals surface area contributed by atoms with E-state index in [2.05, 4.69) is 5.32 Å². The molecule has 1 N–H and O–H groups in total. The monoisotopic (exact) mass is 321 g/mol. The number of nitrogens with one attached hydrogen (secondary N) is 1. The average Bonchev–Trinajstić information content (AvgIpc) is 2.52. The lowest BCUT2D eigenvalue weighted by atomic mass is 10.1. The van der Waals surface area contributed by atoms with E-state index in [1.54, 1.807) is 0 Å². The van der Waals surface area contributed by atoms with Crippen LogP contribution in [-0.4, -0.2) is 11.7 Å². The van der Waals surface area contributed by atoms with E-state index in [-0.39, 0.29) is 29.0 Å². The largest absolute Gasteiger partial charge is 0.349 e. The lowest BCUT2D eigenvalue weighted by Gasteiger charge is -2.14. The maximum absolute atomic E-state index is 13.5. The molecule has 2 aromatic rings. The van der Waals surface area contributed by atoms with Crippen molar-refractivity contribution in [2.45, 2.75) is 18.7 Å². The molecule has 0 spiro atoms. The zero-order chi connectivity index (χ0) is 15.9. The molecular formula is C17H17F2NOS. The SMILES string of the molecule is CC(NC(=O)CSCc1cccc(F)c1F)c1ccccc1. The second-order valence-electron chi connectivity index (χ2n) is 4.91. The summed E-state index contributed by atoms with van der Waals surface area (Å²) in [6.45, 7) is 1.91. The molecule has 0 aromatic heterocycles. The first-order chi connectivity index (χ1) is 10.6. The molecule has 0 aliphatic carbocycles. The Morgan fingerprint density at radius 1 is 1.14 bits per heavy atom. The van der Waals surface area contributed by atoms with Crippen LogP contribution in [0, 0.1) is 11.6 Å². The Labute approximate surface area is 132 Å². The van der Waals surface area contributed by atoms with Crippen molar-refractivity contribution < 1.29 is 13.6 Å². The fourth-order valence-electron chi connectivity index (χ4n) is 2.02. The number of amides is 1. The second kappa shape index (κ2) is 7.94. The van der Waals surface area contributed by atoms with Crippen LogP contribution in [0.1, 0.15) is 24.1 Å². The van der Waals surface area contributed by atoms with Crippen molar-refractivity contribution in [1.82, 2.24) is 5.32 Å². The van der Waals surface area contributed by atoms with Gasteiger partial charge < -0.3 is 5.32 Å². The van der Waals surface area contributed by atoms with Gasteiger partial charge in [-0.15, -0.1) is 11.8 Å².